The van der Waals surface area contributed by atoms with Crippen molar-refractivity contribution in [2.24, 2.45) is 0 Å². The molecule has 0 unspecified atom stereocenters. The molecule has 5 nitrogen and oxygen atoms in total. The van der Waals surface area contributed by atoms with Crippen LogP contribution in [0, 0.1) is 0 Å². The van der Waals surface area contributed by atoms with Crippen LogP contribution in [0.25, 0.3) is 10.1 Å². The Kier molecular flexibility index (Phi) is 3.67. The molecule has 0 atom stereocenters. The lowest BCUT2D eigenvalue weighted by atomic mass is 10.0. The molecule has 0 spiro atoms. The number of fused-ring (bicyclic) bond motifs is 1. The highest BCUT2D eigenvalue weighted by atomic mass is 32.1. The van der Waals surface area contributed by atoms with Gasteiger partial charge in [0.2, 0.25) is 0 Å². The molecule has 0 saturated carbocycles. The first-order valence-corrected chi connectivity index (χ1v) is 7.43. The van der Waals surface area contributed by atoms with E-state index in [1.54, 1.807) is 42.5 Å². The molecule has 0 bridgehead atoms. The molecule has 0 aliphatic heterocycles. The van der Waals surface area contributed by atoms with Crippen LogP contribution in [0.2, 0.25) is 0 Å². The van der Waals surface area contributed by atoms with Gasteiger partial charge in [0.1, 0.15) is 4.88 Å². The molecule has 3 aromatic rings. The van der Waals surface area contributed by atoms with E-state index in [0.29, 0.717) is 15.8 Å². The number of hydrogen-bond donors (Lipinski definition) is 2. The van der Waals surface area contributed by atoms with Crippen LogP contribution in [0.15, 0.2) is 48.5 Å². The number of carbonyl (C=O) groups excluding carboxylic acids is 1. The maximum Gasteiger partial charge on any atom is 0.346 e. The van der Waals surface area contributed by atoms with Gasteiger partial charge in [-0.25, -0.2) is 9.59 Å². The van der Waals surface area contributed by atoms with Crippen molar-refractivity contribution in [3.8, 4) is 0 Å². The summed E-state index contributed by atoms with van der Waals surface area (Å²) in [7, 11) is 0. The number of carboxylic acids is 2. The smallest absolute Gasteiger partial charge is 0.346 e. The Labute approximate surface area is 134 Å². The topological polar surface area (TPSA) is 91.7 Å². The summed E-state index contributed by atoms with van der Waals surface area (Å²) in [6.07, 6.45) is 0. The third kappa shape index (κ3) is 2.60. The highest BCUT2D eigenvalue weighted by molar-refractivity contribution is 7.21. The Morgan fingerprint density at radius 1 is 0.826 bits per heavy atom. The van der Waals surface area contributed by atoms with Crippen molar-refractivity contribution in [1.82, 2.24) is 0 Å². The Bertz CT molecular complexity index is 940. The molecule has 1 heterocycles. The first-order chi connectivity index (χ1) is 11.0. The Morgan fingerprint density at radius 3 is 2.13 bits per heavy atom. The van der Waals surface area contributed by atoms with Crippen molar-refractivity contribution in [1.29, 1.82) is 0 Å². The zero-order valence-corrected chi connectivity index (χ0v) is 12.5. The fourth-order valence-electron chi connectivity index (χ4n) is 2.36. The lowest BCUT2D eigenvalue weighted by Crippen LogP contribution is -2.05. The van der Waals surface area contributed by atoms with Gasteiger partial charge in [0.05, 0.1) is 5.56 Å². The van der Waals surface area contributed by atoms with Crippen molar-refractivity contribution >= 4 is 39.1 Å². The third-order valence-corrected chi connectivity index (χ3v) is 4.55. The Morgan fingerprint density at radius 2 is 1.52 bits per heavy atom. The number of ketones is 1. The van der Waals surface area contributed by atoms with Crippen LogP contribution in [0.1, 0.15) is 36.0 Å². The number of benzene rings is 2. The Balaban J connectivity index is 2.19. The molecule has 114 valence electrons. The lowest BCUT2D eigenvalue weighted by Gasteiger charge is -2.02. The number of aromatic carboxylic acids is 2. The van der Waals surface area contributed by atoms with E-state index in [9.17, 15) is 19.5 Å². The molecule has 23 heavy (non-hydrogen) atoms. The van der Waals surface area contributed by atoms with Gasteiger partial charge in [-0.05, 0) is 18.2 Å². The molecule has 2 N–H and O–H groups in total. The largest absolute Gasteiger partial charge is 0.478 e. The zero-order chi connectivity index (χ0) is 16.6. The monoisotopic (exact) mass is 326 g/mol. The van der Waals surface area contributed by atoms with Crippen LogP contribution in [-0.4, -0.2) is 27.9 Å². The summed E-state index contributed by atoms with van der Waals surface area (Å²) in [4.78, 5) is 34.8. The van der Waals surface area contributed by atoms with Crippen LogP contribution in [0.5, 0.6) is 0 Å². The van der Waals surface area contributed by atoms with E-state index in [1.807, 2.05) is 0 Å². The molecule has 0 aliphatic carbocycles. The minimum atomic E-state index is -1.32. The predicted molar refractivity (Wildman–Crippen MR) is 85.6 cm³/mol. The van der Waals surface area contributed by atoms with E-state index >= 15 is 0 Å². The van der Waals surface area contributed by atoms with Gasteiger partial charge in [0.25, 0.3) is 0 Å². The van der Waals surface area contributed by atoms with Crippen LogP contribution in [0.4, 0.5) is 0 Å². The second-order valence-corrected chi connectivity index (χ2v) is 5.87. The lowest BCUT2D eigenvalue weighted by molar-refractivity contribution is 0.0657. The molecule has 1 aromatic heterocycles. The number of rotatable bonds is 4. The maximum absolute atomic E-state index is 12.5. The molecule has 0 radical (unpaired) electrons. The normalized spacial score (nSPS) is 10.6. The minimum Gasteiger partial charge on any atom is -0.478 e. The minimum absolute atomic E-state index is 0.239. The molecule has 3 rings (SSSR count). The quantitative estimate of drug-likeness (QED) is 0.716. The van der Waals surface area contributed by atoms with Gasteiger partial charge >= 0.3 is 11.9 Å². The summed E-state index contributed by atoms with van der Waals surface area (Å²) in [6.45, 7) is 0. The summed E-state index contributed by atoms with van der Waals surface area (Å²) >= 11 is 0.885. The van der Waals surface area contributed by atoms with E-state index in [-0.39, 0.29) is 21.6 Å². The van der Waals surface area contributed by atoms with E-state index in [1.165, 1.54) is 6.07 Å². The van der Waals surface area contributed by atoms with E-state index in [2.05, 4.69) is 0 Å². The van der Waals surface area contributed by atoms with Crippen LogP contribution < -0.4 is 0 Å². The molecule has 0 aliphatic rings. The van der Waals surface area contributed by atoms with Crippen molar-refractivity contribution in [2.45, 2.75) is 0 Å². The first-order valence-electron chi connectivity index (χ1n) is 6.62. The van der Waals surface area contributed by atoms with E-state index in [4.69, 9.17) is 5.11 Å². The molecule has 0 fully saturated rings. The predicted octanol–water partition coefficient (Wildman–Crippen LogP) is 3.53. The van der Waals surface area contributed by atoms with Crippen molar-refractivity contribution in [3.63, 3.8) is 0 Å². The highest BCUT2D eigenvalue weighted by Crippen LogP contribution is 2.32. The first kappa shape index (κ1) is 14.9. The van der Waals surface area contributed by atoms with Gasteiger partial charge < -0.3 is 10.2 Å². The maximum atomic E-state index is 12.5. The number of thiophene rings is 1. The van der Waals surface area contributed by atoms with Gasteiger partial charge in [-0.2, -0.15) is 0 Å². The summed E-state index contributed by atoms with van der Waals surface area (Å²) in [5.41, 5.74) is 0.526. The summed E-state index contributed by atoms with van der Waals surface area (Å²) < 4.78 is 0.518. The fraction of sp³-hybridized carbons (Fsp3) is 0. The van der Waals surface area contributed by atoms with Gasteiger partial charge in [-0.3, -0.25) is 4.79 Å². The van der Waals surface area contributed by atoms with Crippen LogP contribution in [-0.2, 0) is 0 Å². The van der Waals surface area contributed by atoms with Gasteiger partial charge in [-0.15, -0.1) is 11.3 Å². The average Bonchev–Trinajstić information content (AvgIpc) is 2.94. The number of carboxylic acid groups (broad SMARTS) is 2. The van der Waals surface area contributed by atoms with Crippen molar-refractivity contribution in [2.75, 3.05) is 0 Å². The van der Waals surface area contributed by atoms with Crippen LogP contribution >= 0.6 is 11.3 Å². The average molecular weight is 326 g/mol. The van der Waals surface area contributed by atoms with Gasteiger partial charge in [-0.1, -0.05) is 30.3 Å². The van der Waals surface area contributed by atoms with Gasteiger partial charge in [0.15, 0.2) is 5.78 Å². The summed E-state index contributed by atoms with van der Waals surface area (Å²) in [5.74, 6) is -2.86. The van der Waals surface area contributed by atoms with Crippen molar-refractivity contribution in [3.05, 3.63) is 70.1 Å². The van der Waals surface area contributed by atoms with E-state index in [0.717, 1.165) is 11.3 Å². The zero-order valence-electron chi connectivity index (χ0n) is 11.6. The number of carbonyl (C=O) groups is 3. The Hall–Kier alpha value is -2.99. The second-order valence-electron chi connectivity index (χ2n) is 4.82. The van der Waals surface area contributed by atoms with E-state index < -0.39 is 11.9 Å². The molecule has 6 heteroatoms. The second kappa shape index (κ2) is 5.66. The molecular formula is C17H10O5S. The highest BCUT2D eigenvalue weighted by Gasteiger charge is 2.23. The molecular weight excluding hydrogens is 316 g/mol. The van der Waals surface area contributed by atoms with Crippen LogP contribution in [0.3, 0.4) is 0 Å². The molecule has 0 amide bonds. The third-order valence-electron chi connectivity index (χ3n) is 3.39. The molecule has 2 aromatic carbocycles. The number of hydrogen-bond acceptors (Lipinski definition) is 4. The molecule has 0 saturated heterocycles. The summed E-state index contributed by atoms with van der Waals surface area (Å²) in [6, 6.07) is 13.2. The standard InChI is InChI=1S/C17H10O5S/c18-14(9-4-2-1-3-5-9)10-6-7-12-11(8-10)13(16(19)20)15(23-12)17(21)22/h1-8H,(H,19,20)(H,21,22). The SMILES string of the molecule is O=C(c1ccccc1)c1ccc2sc(C(=O)O)c(C(=O)O)c2c1. The van der Waals surface area contributed by atoms with Crippen molar-refractivity contribution < 1.29 is 24.6 Å². The fourth-order valence-corrected chi connectivity index (χ4v) is 3.37. The summed E-state index contributed by atoms with van der Waals surface area (Å²) in [5, 5.41) is 18.7. The van der Waals surface area contributed by atoms with Gasteiger partial charge in [0, 0.05) is 21.2 Å².